The van der Waals surface area contributed by atoms with Gasteiger partial charge in [0.05, 0.1) is 0 Å². The number of rotatable bonds is 0. The third kappa shape index (κ3) is 0.436. The van der Waals surface area contributed by atoms with Crippen LogP contribution in [-0.2, 0) is 0 Å². The highest BCUT2D eigenvalue weighted by Crippen LogP contribution is 2.67. The summed E-state index contributed by atoms with van der Waals surface area (Å²) in [5, 5.41) is 0. The molecule has 0 N–H and O–H groups in total. The van der Waals surface area contributed by atoms with Gasteiger partial charge in [0.15, 0.2) is 0 Å². The highest BCUT2D eigenvalue weighted by atomic mass is 14.6. The van der Waals surface area contributed by atoms with Crippen LogP contribution >= 0.6 is 0 Å². The van der Waals surface area contributed by atoms with Crippen LogP contribution < -0.4 is 0 Å². The predicted octanol–water partition coefficient (Wildman–Crippen LogP) is 2.83. The SMILES string of the molecule is CC12CCC1C1CCC1C2. The van der Waals surface area contributed by atoms with E-state index >= 15 is 0 Å². The van der Waals surface area contributed by atoms with E-state index in [1.807, 2.05) is 0 Å². The number of fused-ring (bicyclic) bond motifs is 3. The van der Waals surface area contributed by atoms with Crippen LogP contribution in [0.5, 0.6) is 0 Å². The minimum absolute atomic E-state index is 0.839. The Morgan fingerprint density at radius 3 is 2.40 bits per heavy atom. The Hall–Kier alpha value is 0. The lowest BCUT2D eigenvalue weighted by molar-refractivity contribution is 0.0456. The standard InChI is InChI=1S/C10H16/c1-10-5-4-9(10)8-3-2-7(8)6-10/h7-9H,2-6H2,1H3. The fourth-order valence-electron chi connectivity index (χ4n) is 3.77. The molecule has 56 valence electrons. The largest absolute Gasteiger partial charge is 0.0594 e. The fraction of sp³-hybridized carbons (Fsp3) is 1.00. The summed E-state index contributed by atoms with van der Waals surface area (Å²) < 4.78 is 0. The molecule has 0 spiro atoms. The molecule has 3 fully saturated rings. The Kier molecular flexibility index (Phi) is 0.810. The van der Waals surface area contributed by atoms with E-state index in [2.05, 4.69) is 6.92 Å². The summed E-state index contributed by atoms with van der Waals surface area (Å²) in [5.74, 6) is 3.54. The quantitative estimate of drug-likeness (QED) is 0.480. The summed E-state index contributed by atoms with van der Waals surface area (Å²) in [6.45, 7) is 2.53. The van der Waals surface area contributed by atoms with E-state index in [1.54, 1.807) is 32.1 Å². The van der Waals surface area contributed by atoms with E-state index in [0.717, 1.165) is 5.41 Å². The summed E-state index contributed by atoms with van der Waals surface area (Å²) in [6.07, 6.45) is 7.84. The van der Waals surface area contributed by atoms with Crippen molar-refractivity contribution in [2.45, 2.75) is 39.0 Å². The van der Waals surface area contributed by atoms with Crippen LogP contribution in [0.1, 0.15) is 39.0 Å². The smallest absolute Gasteiger partial charge is 0.0292 e. The molecule has 0 bridgehead atoms. The van der Waals surface area contributed by atoms with Crippen molar-refractivity contribution >= 4 is 0 Å². The molecule has 0 aliphatic heterocycles. The summed E-state index contributed by atoms with van der Waals surface area (Å²) >= 11 is 0. The first-order valence-corrected chi connectivity index (χ1v) is 4.80. The Morgan fingerprint density at radius 1 is 1.20 bits per heavy atom. The first-order chi connectivity index (χ1) is 4.80. The molecular weight excluding hydrogens is 120 g/mol. The normalized spacial score (nSPS) is 63.9. The fourth-order valence-corrected chi connectivity index (χ4v) is 3.77. The molecular formula is C10H16. The van der Waals surface area contributed by atoms with E-state index in [1.165, 1.54) is 17.8 Å². The molecule has 4 unspecified atom stereocenters. The maximum Gasteiger partial charge on any atom is -0.0292 e. The third-order valence-corrected chi connectivity index (χ3v) is 4.64. The topological polar surface area (TPSA) is 0 Å². The van der Waals surface area contributed by atoms with Crippen LogP contribution in [0.2, 0.25) is 0 Å². The molecule has 0 saturated heterocycles. The van der Waals surface area contributed by atoms with Crippen molar-refractivity contribution in [2.24, 2.45) is 23.2 Å². The van der Waals surface area contributed by atoms with Gasteiger partial charge in [-0.2, -0.15) is 0 Å². The molecule has 3 saturated carbocycles. The van der Waals surface area contributed by atoms with Crippen LogP contribution in [0.15, 0.2) is 0 Å². The van der Waals surface area contributed by atoms with Gasteiger partial charge in [0.1, 0.15) is 0 Å². The van der Waals surface area contributed by atoms with Crippen molar-refractivity contribution in [1.82, 2.24) is 0 Å². The summed E-state index contributed by atoms with van der Waals surface area (Å²) in [4.78, 5) is 0. The van der Waals surface area contributed by atoms with Gasteiger partial charge < -0.3 is 0 Å². The zero-order valence-corrected chi connectivity index (χ0v) is 6.77. The molecule has 10 heavy (non-hydrogen) atoms. The maximum atomic E-state index is 2.53. The van der Waals surface area contributed by atoms with E-state index in [-0.39, 0.29) is 0 Å². The molecule has 0 aromatic rings. The molecule has 0 radical (unpaired) electrons. The highest BCUT2D eigenvalue weighted by Gasteiger charge is 2.58. The summed E-state index contributed by atoms with van der Waals surface area (Å²) in [7, 11) is 0. The molecule has 3 aliphatic rings. The second-order valence-electron chi connectivity index (χ2n) is 5.00. The second-order valence-corrected chi connectivity index (χ2v) is 5.00. The van der Waals surface area contributed by atoms with Crippen molar-refractivity contribution in [3.05, 3.63) is 0 Å². The van der Waals surface area contributed by atoms with Crippen molar-refractivity contribution < 1.29 is 0 Å². The van der Waals surface area contributed by atoms with Gasteiger partial charge in [-0.05, 0) is 55.3 Å². The Balaban J connectivity index is 1.92. The van der Waals surface area contributed by atoms with Gasteiger partial charge in [-0.1, -0.05) is 6.92 Å². The highest BCUT2D eigenvalue weighted by molar-refractivity contribution is 5.08. The number of hydrogen-bond acceptors (Lipinski definition) is 0. The van der Waals surface area contributed by atoms with E-state index in [9.17, 15) is 0 Å². The van der Waals surface area contributed by atoms with Gasteiger partial charge in [-0.3, -0.25) is 0 Å². The van der Waals surface area contributed by atoms with Crippen molar-refractivity contribution in [3.8, 4) is 0 Å². The molecule has 0 amide bonds. The van der Waals surface area contributed by atoms with Gasteiger partial charge in [0.25, 0.3) is 0 Å². The van der Waals surface area contributed by atoms with Gasteiger partial charge in [0, 0.05) is 0 Å². The van der Waals surface area contributed by atoms with Crippen molar-refractivity contribution in [2.75, 3.05) is 0 Å². The van der Waals surface area contributed by atoms with Crippen molar-refractivity contribution in [1.29, 1.82) is 0 Å². The zero-order chi connectivity index (χ0) is 6.77. The maximum absolute atomic E-state index is 2.53. The monoisotopic (exact) mass is 136 g/mol. The first-order valence-electron chi connectivity index (χ1n) is 4.80. The van der Waals surface area contributed by atoms with Gasteiger partial charge in [-0.15, -0.1) is 0 Å². The Morgan fingerprint density at radius 2 is 2.10 bits per heavy atom. The van der Waals surface area contributed by atoms with Crippen LogP contribution in [0.4, 0.5) is 0 Å². The average molecular weight is 136 g/mol. The van der Waals surface area contributed by atoms with Gasteiger partial charge >= 0.3 is 0 Å². The van der Waals surface area contributed by atoms with E-state index < -0.39 is 0 Å². The van der Waals surface area contributed by atoms with E-state index in [4.69, 9.17) is 0 Å². The molecule has 0 aromatic heterocycles. The lowest BCUT2D eigenvalue weighted by atomic mass is 9.60. The minimum Gasteiger partial charge on any atom is -0.0594 e. The summed E-state index contributed by atoms with van der Waals surface area (Å²) in [5.41, 5.74) is 0.839. The van der Waals surface area contributed by atoms with Gasteiger partial charge in [0.2, 0.25) is 0 Å². The van der Waals surface area contributed by atoms with Crippen molar-refractivity contribution in [3.63, 3.8) is 0 Å². The Labute approximate surface area is 63.0 Å². The molecule has 0 nitrogen and oxygen atoms in total. The van der Waals surface area contributed by atoms with Crippen LogP contribution in [-0.4, -0.2) is 0 Å². The second kappa shape index (κ2) is 1.44. The summed E-state index contributed by atoms with van der Waals surface area (Å²) in [6, 6.07) is 0. The molecule has 3 aliphatic carbocycles. The molecule has 0 heteroatoms. The zero-order valence-electron chi connectivity index (χ0n) is 6.77. The molecule has 3 rings (SSSR count). The predicted molar refractivity (Wildman–Crippen MR) is 41.7 cm³/mol. The third-order valence-electron chi connectivity index (χ3n) is 4.64. The van der Waals surface area contributed by atoms with E-state index in [0.29, 0.717) is 0 Å². The Bertz CT molecular complexity index is 173. The van der Waals surface area contributed by atoms with Crippen LogP contribution in [0.3, 0.4) is 0 Å². The lowest BCUT2D eigenvalue weighted by Gasteiger charge is -2.45. The first kappa shape index (κ1) is 5.62. The van der Waals surface area contributed by atoms with Crippen LogP contribution in [0, 0.1) is 23.2 Å². The number of hydrogen-bond donors (Lipinski definition) is 0. The lowest BCUT2D eigenvalue weighted by Crippen LogP contribution is -2.36. The van der Waals surface area contributed by atoms with Gasteiger partial charge in [-0.25, -0.2) is 0 Å². The molecule has 0 heterocycles. The molecule has 0 aromatic carbocycles. The minimum atomic E-state index is 0.839. The average Bonchev–Trinajstić information content (AvgIpc) is 1.98. The molecule has 4 atom stereocenters. The van der Waals surface area contributed by atoms with Crippen LogP contribution in [0.25, 0.3) is 0 Å².